The van der Waals surface area contributed by atoms with Crippen LogP contribution in [0, 0.1) is 0 Å². The number of aryl methyl sites for hydroxylation is 1. The molecule has 0 heterocycles. The van der Waals surface area contributed by atoms with Gasteiger partial charge in [0.2, 0.25) is 0 Å². The van der Waals surface area contributed by atoms with Gasteiger partial charge in [0.15, 0.2) is 7.98 Å². The summed E-state index contributed by atoms with van der Waals surface area (Å²) in [5.74, 6) is 0. The first-order valence-electron chi connectivity index (χ1n) is 5.08. The number of hydrogen-bond donors (Lipinski definition) is 2. The van der Waals surface area contributed by atoms with Crippen LogP contribution in [0.4, 0.5) is 5.69 Å². The summed E-state index contributed by atoms with van der Waals surface area (Å²) in [5.41, 5.74) is 7.40. The molecular weight excluding hydrogens is 199 g/mol. The summed E-state index contributed by atoms with van der Waals surface area (Å²) in [6, 6.07) is 6.10. The van der Waals surface area contributed by atoms with Crippen molar-refractivity contribution in [3.63, 3.8) is 0 Å². The van der Waals surface area contributed by atoms with E-state index < -0.39 is 0 Å². The number of aldehydes is 1. The lowest BCUT2D eigenvalue weighted by Crippen LogP contribution is -1.95. The van der Waals surface area contributed by atoms with Gasteiger partial charge >= 0.3 is 0 Å². The molecule has 0 aliphatic rings. The van der Waals surface area contributed by atoms with Crippen LogP contribution in [0.5, 0.6) is 0 Å². The van der Waals surface area contributed by atoms with E-state index >= 15 is 0 Å². The van der Waals surface area contributed by atoms with Crippen LogP contribution in [-0.2, 0) is 11.2 Å². The molecule has 1 aromatic carbocycles. The minimum absolute atomic E-state index is 0.797. The normalized spacial score (nSPS) is 9.44. The molecule has 0 amide bonds. The molecule has 1 aromatic rings. The van der Waals surface area contributed by atoms with Crippen LogP contribution in [0.3, 0.4) is 0 Å². The van der Waals surface area contributed by atoms with Crippen molar-refractivity contribution in [2.45, 2.75) is 13.3 Å². The summed E-state index contributed by atoms with van der Waals surface area (Å²) in [6.07, 6.45) is 5.13. The Labute approximate surface area is 98.2 Å². The van der Waals surface area contributed by atoms with Gasteiger partial charge in [-0.05, 0) is 30.2 Å². The number of rotatable bonds is 4. The first-order valence-corrected chi connectivity index (χ1v) is 5.08. The van der Waals surface area contributed by atoms with Crippen LogP contribution in [0.1, 0.15) is 18.1 Å². The molecular formula is C12H17BN2O. The number of anilines is 1. The molecule has 0 aromatic heterocycles. The van der Waals surface area contributed by atoms with E-state index in [4.69, 9.17) is 0 Å². The number of carbonyl (C=O) groups is 1. The standard InChI is InChI=1S/C12H15NO.BH2N/c1-3-10-6-4-8-12(13-2)11(10)7-5-9-14;1-2/h4-9,13H,3H2,1-2H3;2H2/b7-5-;. The van der Waals surface area contributed by atoms with E-state index in [1.54, 1.807) is 0 Å². The lowest BCUT2D eigenvalue weighted by molar-refractivity contribution is -0.104. The second-order valence-corrected chi connectivity index (χ2v) is 2.98. The molecule has 4 heteroatoms. The lowest BCUT2D eigenvalue weighted by Gasteiger charge is -2.09. The summed E-state index contributed by atoms with van der Waals surface area (Å²) >= 11 is 0. The summed E-state index contributed by atoms with van der Waals surface area (Å²) in [7, 11) is 5.88. The Morgan fingerprint density at radius 3 is 2.62 bits per heavy atom. The Morgan fingerprint density at radius 2 is 2.12 bits per heavy atom. The van der Waals surface area contributed by atoms with Gasteiger partial charge in [-0.25, -0.2) is 0 Å². The van der Waals surface area contributed by atoms with Gasteiger partial charge in [0.1, 0.15) is 6.29 Å². The van der Waals surface area contributed by atoms with Gasteiger partial charge in [-0.1, -0.05) is 19.1 Å². The van der Waals surface area contributed by atoms with Crippen LogP contribution in [0.15, 0.2) is 24.3 Å². The third-order valence-corrected chi connectivity index (χ3v) is 2.19. The monoisotopic (exact) mass is 216 g/mol. The first kappa shape index (κ1) is 14.5. The van der Waals surface area contributed by atoms with Gasteiger partial charge in [-0.15, -0.1) is 0 Å². The molecule has 0 atom stereocenters. The van der Waals surface area contributed by atoms with Gasteiger partial charge < -0.3 is 11.0 Å². The second kappa shape index (κ2) is 8.74. The Morgan fingerprint density at radius 1 is 1.44 bits per heavy atom. The molecule has 0 fully saturated rings. The Hall–Kier alpha value is -1.55. The molecule has 2 radical (unpaired) electrons. The van der Waals surface area contributed by atoms with Crippen molar-refractivity contribution < 1.29 is 4.79 Å². The zero-order valence-electron chi connectivity index (χ0n) is 9.73. The van der Waals surface area contributed by atoms with Crippen LogP contribution < -0.4 is 11.0 Å². The summed E-state index contributed by atoms with van der Waals surface area (Å²) in [4.78, 5) is 10.3. The van der Waals surface area contributed by atoms with E-state index in [1.807, 2.05) is 25.3 Å². The lowest BCUT2D eigenvalue weighted by atomic mass is 10.0. The number of carbonyl (C=O) groups excluding carboxylic acids is 1. The molecule has 0 aliphatic heterocycles. The molecule has 0 aliphatic carbocycles. The van der Waals surface area contributed by atoms with E-state index in [9.17, 15) is 4.79 Å². The fourth-order valence-corrected chi connectivity index (χ4v) is 1.47. The molecule has 0 saturated carbocycles. The van der Waals surface area contributed by atoms with E-state index in [0.29, 0.717) is 0 Å². The van der Waals surface area contributed by atoms with Gasteiger partial charge in [-0.3, -0.25) is 4.79 Å². The molecule has 16 heavy (non-hydrogen) atoms. The Kier molecular flexibility index (Phi) is 7.89. The maximum Gasteiger partial charge on any atom is 0.174 e. The predicted octanol–water partition coefficient (Wildman–Crippen LogP) is 1.53. The highest BCUT2D eigenvalue weighted by atomic mass is 16.1. The molecule has 3 N–H and O–H groups in total. The highest BCUT2D eigenvalue weighted by molar-refractivity contribution is 6.02. The highest BCUT2D eigenvalue weighted by Crippen LogP contribution is 2.21. The zero-order valence-corrected chi connectivity index (χ0v) is 9.73. The number of allylic oxidation sites excluding steroid dienone is 1. The summed E-state index contributed by atoms with van der Waals surface area (Å²) in [6.45, 7) is 2.10. The number of hydrogen-bond acceptors (Lipinski definition) is 3. The van der Waals surface area contributed by atoms with Crippen molar-refractivity contribution in [1.29, 1.82) is 0 Å². The summed E-state index contributed by atoms with van der Waals surface area (Å²) < 4.78 is 0. The molecule has 0 unspecified atom stereocenters. The van der Waals surface area contributed by atoms with Crippen molar-refractivity contribution in [3.05, 3.63) is 35.4 Å². The molecule has 0 spiro atoms. The molecule has 84 valence electrons. The molecule has 0 bridgehead atoms. The largest absolute Gasteiger partial charge is 0.388 e. The van der Waals surface area contributed by atoms with Crippen molar-refractivity contribution in [2.24, 2.45) is 5.64 Å². The van der Waals surface area contributed by atoms with Crippen molar-refractivity contribution in [1.82, 2.24) is 0 Å². The van der Waals surface area contributed by atoms with Gasteiger partial charge in [0.25, 0.3) is 0 Å². The highest BCUT2D eigenvalue weighted by Gasteiger charge is 2.01. The minimum Gasteiger partial charge on any atom is -0.388 e. The van der Waals surface area contributed by atoms with Crippen molar-refractivity contribution in [2.75, 3.05) is 12.4 Å². The van der Waals surface area contributed by atoms with Crippen LogP contribution in [0.25, 0.3) is 6.08 Å². The molecule has 3 nitrogen and oxygen atoms in total. The summed E-state index contributed by atoms with van der Waals surface area (Å²) in [5, 5.41) is 3.11. The predicted molar refractivity (Wildman–Crippen MR) is 70.4 cm³/mol. The average molecular weight is 216 g/mol. The van der Waals surface area contributed by atoms with E-state index in [0.717, 1.165) is 24.0 Å². The quantitative estimate of drug-likeness (QED) is 0.456. The van der Waals surface area contributed by atoms with Crippen LogP contribution in [0.2, 0.25) is 0 Å². The Bertz CT molecular complexity index is 329. The van der Waals surface area contributed by atoms with Gasteiger partial charge in [-0.2, -0.15) is 0 Å². The fraction of sp³-hybridized carbons (Fsp3) is 0.250. The van der Waals surface area contributed by atoms with Crippen molar-refractivity contribution in [3.8, 4) is 0 Å². The van der Waals surface area contributed by atoms with Crippen LogP contribution >= 0.6 is 0 Å². The van der Waals surface area contributed by atoms with Crippen molar-refractivity contribution >= 4 is 26.0 Å². The third-order valence-electron chi connectivity index (χ3n) is 2.19. The number of benzene rings is 1. The van der Waals surface area contributed by atoms with Gasteiger partial charge in [0, 0.05) is 18.3 Å². The number of nitrogens with two attached hydrogens (primary N) is 1. The zero-order chi connectivity index (χ0) is 12.4. The first-order chi connectivity index (χ1) is 7.83. The third kappa shape index (κ3) is 3.91. The maximum absolute atomic E-state index is 10.3. The SMILES string of the molecule is CCc1cccc(NC)c1/C=C\C=O.[B]N. The van der Waals surface area contributed by atoms with E-state index in [-0.39, 0.29) is 0 Å². The van der Waals surface area contributed by atoms with Gasteiger partial charge in [0.05, 0.1) is 0 Å². The molecule has 0 saturated heterocycles. The average Bonchev–Trinajstić information content (AvgIpc) is 2.38. The van der Waals surface area contributed by atoms with Crippen LogP contribution in [-0.4, -0.2) is 21.3 Å². The van der Waals surface area contributed by atoms with E-state index in [2.05, 4.69) is 31.9 Å². The molecule has 1 rings (SSSR count). The minimum atomic E-state index is 0.797. The number of nitrogens with one attached hydrogen (secondary N) is 1. The Balaban J connectivity index is 0.00000106. The van der Waals surface area contributed by atoms with E-state index in [1.165, 1.54) is 11.6 Å². The topological polar surface area (TPSA) is 55.1 Å². The second-order valence-electron chi connectivity index (χ2n) is 2.98. The fourth-order valence-electron chi connectivity index (χ4n) is 1.47. The maximum atomic E-state index is 10.3. The smallest absolute Gasteiger partial charge is 0.174 e.